The van der Waals surface area contributed by atoms with Crippen molar-refractivity contribution in [2.24, 2.45) is 23.7 Å². The first kappa shape index (κ1) is 23.7. The molecule has 3 aromatic carbocycles. The Labute approximate surface area is 218 Å². The van der Waals surface area contributed by atoms with Gasteiger partial charge in [-0.2, -0.15) is 0 Å². The van der Waals surface area contributed by atoms with Crippen molar-refractivity contribution >= 4 is 34.6 Å². The molecule has 0 N–H and O–H groups in total. The summed E-state index contributed by atoms with van der Waals surface area (Å²) >= 11 is 12.7. The van der Waals surface area contributed by atoms with E-state index in [4.69, 9.17) is 23.2 Å². The summed E-state index contributed by atoms with van der Waals surface area (Å²) < 4.78 is 0. The molecule has 0 heterocycles. The molecular formula is C32H29Cl2N. The molecule has 1 nitrogen and oxygen atoms in total. The second kappa shape index (κ2) is 10.3. The standard InChI is InChI=1S/C32H29Cl2N/c1-22-14-16-27(34)20-31(22)32-21-30(17-15-23(32)2)35(28-11-4-3-5-12-28)29-13-7-9-25(19-29)24-8-6-10-26(33)18-24/h3-23,31-32H,1-2H3. The van der Waals surface area contributed by atoms with Crippen molar-refractivity contribution in [3.8, 4) is 11.1 Å². The van der Waals surface area contributed by atoms with E-state index in [0.717, 1.165) is 32.6 Å². The molecule has 0 aliphatic heterocycles. The highest BCUT2D eigenvalue weighted by atomic mass is 35.5. The highest BCUT2D eigenvalue weighted by molar-refractivity contribution is 6.31. The minimum Gasteiger partial charge on any atom is -0.311 e. The predicted molar refractivity (Wildman–Crippen MR) is 151 cm³/mol. The van der Waals surface area contributed by atoms with E-state index < -0.39 is 0 Å². The maximum absolute atomic E-state index is 6.44. The molecule has 0 bridgehead atoms. The number of allylic oxidation sites excluding steroid dienone is 7. The second-order valence-corrected chi connectivity index (χ2v) is 10.3. The lowest BCUT2D eigenvalue weighted by Crippen LogP contribution is -2.28. The van der Waals surface area contributed by atoms with E-state index in [0.29, 0.717) is 23.7 Å². The van der Waals surface area contributed by atoms with Gasteiger partial charge < -0.3 is 4.90 Å². The Hall–Kier alpha value is -3.00. The normalized spacial score (nSPS) is 23.5. The van der Waals surface area contributed by atoms with Crippen LogP contribution in [0.15, 0.2) is 126 Å². The van der Waals surface area contributed by atoms with Gasteiger partial charge in [0.1, 0.15) is 0 Å². The minimum atomic E-state index is 0.353. The van der Waals surface area contributed by atoms with Crippen LogP contribution >= 0.6 is 23.2 Å². The first-order chi connectivity index (χ1) is 17.0. The van der Waals surface area contributed by atoms with Gasteiger partial charge in [0.25, 0.3) is 0 Å². The summed E-state index contributed by atoms with van der Waals surface area (Å²) in [5, 5.41) is 1.57. The summed E-state index contributed by atoms with van der Waals surface area (Å²) in [5.41, 5.74) is 5.66. The third-order valence-corrected chi connectivity index (χ3v) is 7.53. The Morgan fingerprint density at radius 3 is 2.00 bits per heavy atom. The SMILES string of the molecule is CC1C=CC(Cl)=CC1C1C=C(N(c2ccccc2)c2cccc(-c3cccc(Cl)c3)c2)C=CC1C. The molecule has 5 rings (SSSR count). The molecule has 176 valence electrons. The number of anilines is 2. The van der Waals surface area contributed by atoms with Crippen molar-refractivity contribution in [1.82, 2.24) is 0 Å². The highest BCUT2D eigenvalue weighted by Gasteiger charge is 2.31. The summed E-state index contributed by atoms with van der Waals surface area (Å²) in [6.07, 6.45) is 13.5. The van der Waals surface area contributed by atoms with Gasteiger partial charge in [0.05, 0.1) is 0 Å². The number of halogens is 2. The van der Waals surface area contributed by atoms with Crippen molar-refractivity contribution in [2.75, 3.05) is 4.90 Å². The maximum atomic E-state index is 6.44. The van der Waals surface area contributed by atoms with Crippen molar-refractivity contribution in [1.29, 1.82) is 0 Å². The van der Waals surface area contributed by atoms with Gasteiger partial charge in [-0.15, -0.1) is 0 Å². The molecule has 0 aromatic heterocycles. The number of hydrogen-bond acceptors (Lipinski definition) is 1. The molecule has 4 atom stereocenters. The van der Waals surface area contributed by atoms with Crippen molar-refractivity contribution in [3.63, 3.8) is 0 Å². The van der Waals surface area contributed by atoms with E-state index >= 15 is 0 Å². The average Bonchev–Trinajstić information content (AvgIpc) is 2.88. The molecule has 2 aliphatic rings. The van der Waals surface area contributed by atoms with Crippen molar-refractivity contribution in [2.45, 2.75) is 13.8 Å². The van der Waals surface area contributed by atoms with Gasteiger partial charge in [-0.05, 0) is 83.3 Å². The van der Waals surface area contributed by atoms with E-state index in [2.05, 4.69) is 110 Å². The lowest BCUT2D eigenvalue weighted by Gasteiger charge is -2.36. The van der Waals surface area contributed by atoms with Gasteiger partial charge in [0.2, 0.25) is 0 Å². The van der Waals surface area contributed by atoms with Gasteiger partial charge in [-0.25, -0.2) is 0 Å². The quantitative estimate of drug-likeness (QED) is 0.338. The average molecular weight is 498 g/mol. The monoisotopic (exact) mass is 497 g/mol. The molecule has 0 amide bonds. The smallest absolute Gasteiger partial charge is 0.0467 e. The largest absolute Gasteiger partial charge is 0.311 e. The molecule has 0 fully saturated rings. The molecule has 4 unspecified atom stereocenters. The fraction of sp³-hybridized carbons (Fsp3) is 0.188. The second-order valence-electron chi connectivity index (χ2n) is 9.47. The first-order valence-corrected chi connectivity index (χ1v) is 12.9. The number of rotatable bonds is 5. The van der Waals surface area contributed by atoms with E-state index in [1.807, 2.05) is 24.3 Å². The third-order valence-electron chi connectivity index (χ3n) is 7.04. The first-order valence-electron chi connectivity index (χ1n) is 12.2. The highest BCUT2D eigenvalue weighted by Crippen LogP contribution is 2.41. The Bertz CT molecular complexity index is 1320. The zero-order valence-corrected chi connectivity index (χ0v) is 21.5. The summed E-state index contributed by atoms with van der Waals surface area (Å²) in [4.78, 5) is 2.35. The fourth-order valence-electron chi connectivity index (χ4n) is 5.14. The van der Waals surface area contributed by atoms with Gasteiger partial charge in [-0.1, -0.05) is 104 Å². The fourth-order valence-corrected chi connectivity index (χ4v) is 5.54. The molecule has 0 saturated carbocycles. The summed E-state index contributed by atoms with van der Waals surface area (Å²) in [5.74, 6) is 1.57. The summed E-state index contributed by atoms with van der Waals surface area (Å²) in [6, 6.07) is 27.2. The van der Waals surface area contributed by atoms with Crippen LogP contribution in [0.5, 0.6) is 0 Å². The van der Waals surface area contributed by atoms with Gasteiger partial charge in [0.15, 0.2) is 0 Å². The van der Waals surface area contributed by atoms with E-state index in [1.165, 1.54) is 5.70 Å². The lowest BCUT2D eigenvalue weighted by molar-refractivity contribution is 0.328. The molecule has 0 spiro atoms. The van der Waals surface area contributed by atoms with E-state index in [-0.39, 0.29) is 0 Å². The van der Waals surface area contributed by atoms with E-state index in [1.54, 1.807) is 0 Å². The zero-order chi connectivity index (χ0) is 24.4. The van der Waals surface area contributed by atoms with Gasteiger partial charge in [-0.3, -0.25) is 0 Å². The van der Waals surface area contributed by atoms with Crippen LogP contribution in [0.4, 0.5) is 11.4 Å². The number of para-hydroxylation sites is 1. The Kier molecular flexibility index (Phi) is 7.00. The topological polar surface area (TPSA) is 3.24 Å². The molecule has 0 radical (unpaired) electrons. The van der Waals surface area contributed by atoms with Crippen LogP contribution in [-0.4, -0.2) is 0 Å². The Morgan fingerprint density at radius 1 is 0.629 bits per heavy atom. The van der Waals surface area contributed by atoms with Crippen LogP contribution in [0, 0.1) is 23.7 Å². The van der Waals surface area contributed by atoms with Gasteiger partial charge >= 0.3 is 0 Å². The van der Waals surface area contributed by atoms with Crippen LogP contribution < -0.4 is 4.90 Å². The third kappa shape index (κ3) is 5.17. The van der Waals surface area contributed by atoms with Crippen LogP contribution in [0.1, 0.15) is 13.8 Å². The zero-order valence-electron chi connectivity index (χ0n) is 20.0. The maximum Gasteiger partial charge on any atom is 0.0467 e. The Balaban J connectivity index is 1.59. The lowest BCUT2D eigenvalue weighted by atomic mass is 9.72. The van der Waals surface area contributed by atoms with Crippen LogP contribution in [-0.2, 0) is 0 Å². The molecule has 2 aliphatic carbocycles. The molecule has 3 heteroatoms. The van der Waals surface area contributed by atoms with Crippen LogP contribution in [0.25, 0.3) is 11.1 Å². The number of benzene rings is 3. The Morgan fingerprint density at radius 2 is 1.26 bits per heavy atom. The van der Waals surface area contributed by atoms with Crippen LogP contribution in [0.3, 0.4) is 0 Å². The number of nitrogens with zero attached hydrogens (tertiary/aromatic N) is 1. The number of hydrogen-bond donors (Lipinski definition) is 0. The van der Waals surface area contributed by atoms with Gasteiger partial charge in [0, 0.05) is 27.1 Å². The van der Waals surface area contributed by atoms with E-state index in [9.17, 15) is 0 Å². The van der Waals surface area contributed by atoms with Crippen LogP contribution in [0.2, 0.25) is 5.02 Å². The van der Waals surface area contributed by atoms with Crippen molar-refractivity contribution in [3.05, 3.63) is 131 Å². The summed E-state index contributed by atoms with van der Waals surface area (Å²) in [7, 11) is 0. The predicted octanol–water partition coefficient (Wildman–Crippen LogP) is 9.80. The molecular weight excluding hydrogens is 469 g/mol. The molecule has 3 aromatic rings. The summed E-state index contributed by atoms with van der Waals surface area (Å²) in [6.45, 7) is 4.58. The molecule has 0 saturated heterocycles. The molecule has 35 heavy (non-hydrogen) atoms. The van der Waals surface area contributed by atoms with Crippen molar-refractivity contribution < 1.29 is 0 Å². The minimum absolute atomic E-state index is 0.353.